The summed E-state index contributed by atoms with van der Waals surface area (Å²) < 4.78 is 0. The third-order valence-electron chi connectivity index (χ3n) is 3.31. The van der Waals surface area contributed by atoms with E-state index in [9.17, 15) is 0 Å². The van der Waals surface area contributed by atoms with Gasteiger partial charge in [0.05, 0.1) is 0 Å². The molecule has 0 amide bonds. The Hall–Kier alpha value is -0.340. The van der Waals surface area contributed by atoms with Gasteiger partial charge in [-0.2, -0.15) is 0 Å². The summed E-state index contributed by atoms with van der Waals surface area (Å²) in [6.07, 6.45) is 7.24. The molecule has 2 nitrogen and oxygen atoms in total. The van der Waals surface area contributed by atoms with Crippen LogP contribution in [0.15, 0.2) is 12.2 Å². The predicted octanol–water partition coefficient (Wildman–Crippen LogP) is 1.25. The Labute approximate surface area is 81.0 Å². The Morgan fingerprint density at radius 1 is 1.23 bits per heavy atom. The highest BCUT2D eigenvalue weighted by molar-refractivity contribution is 4.97. The van der Waals surface area contributed by atoms with Crippen LogP contribution in [-0.4, -0.2) is 37.6 Å². The topological polar surface area (TPSA) is 15.3 Å². The molecule has 2 aliphatic heterocycles. The highest BCUT2D eigenvalue weighted by Crippen LogP contribution is 2.29. The number of nitrogens with zero attached hydrogens (tertiary/aromatic N) is 1. The maximum Gasteiger partial charge on any atom is 0.0167 e. The molecule has 2 heterocycles. The molecule has 1 N–H and O–H groups in total. The Morgan fingerprint density at radius 3 is 2.46 bits per heavy atom. The van der Waals surface area contributed by atoms with E-state index in [1.165, 1.54) is 45.6 Å². The van der Waals surface area contributed by atoms with Crippen molar-refractivity contribution >= 4 is 0 Å². The molecule has 0 aromatic carbocycles. The molecule has 0 aliphatic carbocycles. The molecule has 0 aromatic rings. The monoisotopic (exact) mass is 180 g/mol. The van der Waals surface area contributed by atoms with E-state index in [4.69, 9.17) is 0 Å². The number of nitrogens with one attached hydrogen (secondary N) is 1. The molecule has 0 aromatic heterocycles. The fourth-order valence-corrected chi connectivity index (χ4v) is 2.38. The molecule has 0 saturated carbocycles. The highest BCUT2D eigenvalue weighted by atomic mass is 15.1. The maximum absolute atomic E-state index is 3.43. The minimum atomic E-state index is 0.567. The van der Waals surface area contributed by atoms with Crippen LogP contribution < -0.4 is 5.32 Å². The number of hydrogen-bond donors (Lipinski definition) is 1. The van der Waals surface area contributed by atoms with Crippen LogP contribution >= 0.6 is 0 Å². The van der Waals surface area contributed by atoms with Gasteiger partial charge in [0, 0.05) is 19.6 Å². The third kappa shape index (κ3) is 2.32. The van der Waals surface area contributed by atoms with Crippen molar-refractivity contribution in [1.82, 2.24) is 10.2 Å². The molecule has 0 bridgehead atoms. The van der Waals surface area contributed by atoms with Crippen LogP contribution in [0.4, 0.5) is 0 Å². The molecule has 1 saturated heterocycles. The van der Waals surface area contributed by atoms with Crippen molar-refractivity contribution < 1.29 is 0 Å². The lowest BCUT2D eigenvalue weighted by atomic mass is 9.80. The molecule has 0 atom stereocenters. The summed E-state index contributed by atoms with van der Waals surface area (Å²) in [4.78, 5) is 2.55. The van der Waals surface area contributed by atoms with Gasteiger partial charge in [-0.15, -0.1) is 0 Å². The second-order valence-corrected chi connectivity index (χ2v) is 4.73. The summed E-state index contributed by atoms with van der Waals surface area (Å²) in [5.74, 6) is 0. The van der Waals surface area contributed by atoms with E-state index in [0.29, 0.717) is 5.41 Å². The van der Waals surface area contributed by atoms with Crippen molar-refractivity contribution in [2.75, 3.05) is 32.7 Å². The van der Waals surface area contributed by atoms with E-state index in [1.807, 2.05) is 0 Å². The minimum Gasteiger partial charge on any atom is -0.317 e. The highest BCUT2D eigenvalue weighted by Gasteiger charge is 2.28. The lowest BCUT2D eigenvalue weighted by Gasteiger charge is -2.37. The summed E-state index contributed by atoms with van der Waals surface area (Å²) in [7, 11) is 0. The number of piperidine rings is 1. The minimum absolute atomic E-state index is 0.567. The van der Waals surface area contributed by atoms with Gasteiger partial charge in [0.25, 0.3) is 0 Å². The lowest BCUT2D eigenvalue weighted by molar-refractivity contribution is 0.150. The van der Waals surface area contributed by atoms with Crippen molar-refractivity contribution in [3.05, 3.63) is 12.2 Å². The first-order valence-corrected chi connectivity index (χ1v) is 5.37. The molecule has 13 heavy (non-hydrogen) atoms. The first-order chi connectivity index (χ1) is 6.29. The molecule has 2 aliphatic rings. The zero-order chi connectivity index (χ0) is 9.15. The molecule has 0 radical (unpaired) electrons. The van der Waals surface area contributed by atoms with Crippen LogP contribution in [0.1, 0.15) is 19.8 Å². The first-order valence-electron chi connectivity index (χ1n) is 5.37. The molecular weight excluding hydrogens is 160 g/mol. The number of hydrogen-bond acceptors (Lipinski definition) is 2. The Balaban J connectivity index is 1.84. The van der Waals surface area contributed by atoms with Crippen LogP contribution in [0.25, 0.3) is 0 Å². The fraction of sp³-hybridized carbons (Fsp3) is 0.818. The fourth-order valence-electron chi connectivity index (χ4n) is 2.38. The molecule has 1 fully saturated rings. The van der Waals surface area contributed by atoms with Crippen molar-refractivity contribution in [3.63, 3.8) is 0 Å². The van der Waals surface area contributed by atoms with Gasteiger partial charge in [0.2, 0.25) is 0 Å². The molecule has 0 spiro atoms. The van der Waals surface area contributed by atoms with Gasteiger partial charge in [0.1, 0.15) is 0 Å². The number of rotatable bonds is 2. The van der Waals surface area contributed by atoms with Crippen molar-refractivity contribution in [2.24, 2.45) is 5.41 Å². The van der Waals surface area contributed by atoms with E-state index in [1.54, 1.807) is 0 Å². The van der Waals surface area contributed by atoms with E-state index in [2.05, 4.69) is 29.3 Å². The Morgan fingerprint density at radius 2 is 1.85 bits per heavy atom. The van der Waals surface area contributed by atoms with Crippen LogP contribution in [0.5, 0.6) is 0 Å². The van der Waals surface area contributed by atoms with Crippen LogP contribution in [0, 0.1) is 5.41 Å². The van der Waals surface area contributed by atoms with Crippen molar-refractivity contribution in [2.45, 2.75) is 19.8 Å². The standard InChI is InChI=1S/C11H20N2/c1-11(4-6-12-7-5-11)10-13-8-2-3-9-13/h2-3,12H,4-10H2,1H3. The molecule has 74 valence electrons. The summed E-state index contributed by atoms with van der Waals surface area (Å²) >= 11 is 0. The normalized spacial score (nSPS) is 28.1. The maximum atomic E-state index is 3.43. The van der Waals surface area contributed by atoms with Crippen LogP contribution in [-0.2, 0) is 0 Å². The van der Waals surface area contributed by atoms with Crippen molar-refractivity contribution in [1.29, 1.82) is 0 Å². The third-order valence-corrected chi connectivity index (χ3v) is 3.31. The quantitative estimate of drug-likeness (QED) is 0.643. The molecule has 2 rings (SSSR count). The van der Waals surface area contributed by atoms with Crippen molar-refractivity contribution in [3.8, 4) is 0 Å². The summed E-state index contributed by atoms with van der Waals surface area (Å²) in [6, 6.07) is 0. The van der Waals surface area contributed by atoms with Gasteiger partial charge in [0.15, 0.2) is 0 Å². The second kappa shape index (κ2) is 3.81. The Bertz CT molecular complexity index is 184. The zero-order valence-corrected chi connectivity index (χ0v) is 8.55. The smallest absolute Gasteiger partial charge is 0.0167 e. The van der Waals surface area contributed by atoms with E-state index in [-0.39, 0.29) is 0 Å². The van der Waals surface area contributed by atoms with Gasteiger partial charge in [-0.1, -0.05) is 19.1 Å². The molecule has 0 unspecified atom stereocenters. The molecule has 2 heteroatoms. The van der Waals surface area contributed by atoms with Gasteiger partial charge in [-0.05, 0) is 31.3 Å². The molecular formula is C11H20N2. The van der Waals surface area contributed by atoms with Gasteiger partial charge in [-0.3, -0.25) is 4.90 Å². The first kappa shape index (κ1) is 9.22. The lowest BCUT2D eigenvalue weighted by Crippen LogP contribution is -2.42. The second-order valence-electron chi connectivity index (χ2n) is 4.73. The van der Waals surface area contributed by atoms with Gasteiger partial charge in [-0.25, -0.2) is 0 Å². The average molecular weight is 180 g/mol. The van der Waals surface area contributed by atoms with E-state index >= 15 is 0 Å². The largest absolute Gasteiger partial charge is 0.317 e. The average Bonchev–Trinajstić information content (AvgIpc) is 2.57. The zero-order valence-electron chi connectivity index (χ0n) is 8.55. The Kier molecular flexibility index (Phi) is 2.70. The van der Waals surface area contributed by atoms with Crippen LogP contribution in [0.3, 0.4) is 0 Å². The summed E-state index contributed by atoms with van der Waals surface area (Å²) in [5, 5.41) is 3.43. The van der Waals surface area contributed by atoms with Gasteiger partial charge >= 0.3 is 0 Å². The van der Waals surface area contributed by atoms with Gasteiger partial charge < -0.3 is 5.32 Å². The van der Waals surface area contributed by atoms with E-state index in [0.717, 1.165) is 0 Å². The van der Waals surface area contributed by atoms with E-state index < -0.39 is 0 Å². The SMILES string of the molecule is CC1(CN2CC=CC2)CCNCC1. The van der Waals surface area contributed by atoms with Crippen LogP contribution in [0.2, 0.25) is 0 Å². The summed E-state index contributed by atoms with van der Waals surface area (Å²) in [5.41, 5.74) is 0.567. The predicted molar refractivity (Wildman–Crippen MR) is 55.8 cm³/mol. The summed E-state index contributed by atoms with van der Waals surface area (Å²) in [6.45, 7) is 8.47.